The Balaban J connectivity index is 1.43. The van der Waals surface area contributed by atoms with E-state index in [0.717, 1.165) is 25.8 Å². The zero-order valence-corrected chi connectivity index (χ0v) is 16.2. The second-order valence-electron chi connectivity index (χ2n) is 5.35. The van der Waals surface area contributed by atoms with Gasteiger partial charge in [0.25, 0.3) is 5.91 Å². The van der Waals surface area contributed by atoms with Crippen LogP contribution in [0.4, 0.5) is 0 Å². The molecule has 5 nitrogen and oxygen atoms in total. The number of benzene rings is 1. The molecule has 0 radical (unpaired) electrons. The van der Waals surface area contributed by atoms with E-state index in [9.17, 15) is 4.79 Å². The van der Waals surface area contributed by atoms with Gasteiger partial charge in [0.05, 0.1) is 10.6 Å². The van der Waals surface area contributed by atoms with Crippen molar-refractivity contribution in [2.75, 3.05) is 6.54 Å². The van der Waals surface area contributed by atoms with Crippen LogP contribution >= 0.6 is 38.6 Å². The third-order valence-electron chi connectivity index (χ3n) is 3.64. The summed E-state index contributed by atoms with van der Waals surface area (Å²) in [6, 6.07) is 11.4. The second kappa shape index (κ2) is 7.07. The number of nitrogens with one attached hydrogen (secondary N) is 1. The quantitative estimate of drug-likeness (QED) is 0.512. The number of fused-ring (bicyclic) bond motifs is 1. The summed E-state index contributed by atoms with van der Waals surface area (Å²) in [6.07, 6.45) is 0.701. The van der Waals surface area contributed by atoms with Gasteiger partial charge in [-0.25, -0.2) is 4.52 Å². The van der Waals surface area contributed by atoms with Crippen LogP contribution in [0.5, 0.6) is 0 Å². The van der Waals surface area contributed by atoms with Gasteiger partial charge in [0.2, 0.25) is 4.96 Å². The third-order valence-corrected chi connectivity index (χ3v) is 5.87. The zero-order valence-electron chi connectivity index (χ0n) is 13.0. The molecule has 0 saturated carbocycles. The number of carbonyl (C=O) groups excluding carboxylic acids is 1. The summed E-state index contributed by atoms with van der Waals surface area (Å²) in [7, 11) is 0. The number of nitrogens with zero attached hydrogens (tertiary/aromatic N) is 3. The molecular weight excluding hydrogens is 420 g/mol. The van der Waals surface area contributed by atoms with E-state index in [1.54, 1.807) is 28.7 Å². The molecular formula is C17H13BrN4OS2. The van der Waals surface area contributed by atoms with Crippen LogP contribution in [0.15, 0.2) is 51.6 Å². The molecule has 0 fully saturated rings. The van der Waals surface area contributed by atoms with E-state index in [2.05, 4.69) is 31.3 Å². The maximum Gasteiger partial charge on any atom is 0.251 e. The normalized spacial score (nSPS) is 11.1. The first-order chi connectivity index (χ1) is 12.2. The van der Waals surface area contributed by atoms with E-state index >= 15 is 0 Å². The molecule has 25 heavy (non-hydrogen) atoms. The number of aromatic nitrogens is 3. The summed E-state index contributed by atoms with van der Waals surface area (Å²) in [5.41, 5.74) is 1.69. The number of amides is 1. The van der Waals surface area contributed by atoms with Gasteiger partial charge in [0.1, 0.15) is 0 Å². The Bertz CT molecular complexity index is 1020. The highest BCUT2D eigenvalue weighted by molar-refractivity contribution is 9.10. The van der Waals surface area contributed by atoms with Crippen molar-refractivity contribution in [3.8, 4) is 10.7 Å². The molecule has 4 aromatic rings. The molecule has 1 N–H and O–H groups in total. The van der Waals surface area contributed by atoms with Crippen molar-refractivity contribution < 1.29 is 4.79 Å². The van der Waals surface area contributed by atoms with Crippen molar-refractivity contribution in [2.24, 2.45) is 0 Å². The first kappa shape index (κ1) is 16.4. The van der Waals surface area contributed by atoms with Gasteiger partial charge < -0.3 is 5.32 Å². The van der Waals surface area contributed by atoms with Gasteiger partial charge in [0, 0.05) is 28.4 Å². The van der Waals surface area contributed by atoms with Crippen LogP contribution in [-0.2, 0) is 6.42 Å². The molecule has 4 rings (SSSR count). The maximum atomic E-state index is 12.2. The van der Waals surface area contributed by atoms with Crippen LogP contribution in [0.25, 0.3) is 15.7 Å². The summed E-state index contributed by atoms with van der Waals surface area (Å²) in [6.45, 7) is 0.547. The number of rotatable bonds is 5. The van der Waals surface area contributed by atoms with E-state index in [4.69, 9.17) is 0 Å². The smallest absolute Gasteiger partial charge is 0.251 e. The van der Waals surface area contributed by atoms with E-state index in [1.165, 1.54) is 0 Å². The van der Waals surface area contributed by atoms with Crippen molar-refractivity contribution in [1.82, 2.24) is 19.9 Å². The Hall–Kier alpha value is -2.03. The molecule has 1 amide bonds. The number of carbonyl (C=O) groups is 1. The molecule has 0 aliphatic heterocycles. The Morgan fingerprint density at radius 2 is 2.16 bits per heavy atom. The minimum absolute atomic E-state index is 0.0781. The van der Waals surface area contributed by atoms with Gasteiger partial charge in [0.15, 0.2) is 5.82 Å². The lowest BCUT2D eigenvalue weighted by Crippen LogP contribution is -2.26. The highest BCUT2D eigenvalue weighted by Gasteiger charge is 2.12. The monoisotopic (exact) mass is 432 g/mol. The zero-order chi connectivity index (χ0) is 17.2. The molecule has 1 aromatic carbocycles. The van der Waals surface area contributed by atoms with E-state index in [-0.39, 0.29) is 5.91 Å². The van der Waals surface area contributed by atoms with Gasteiger partial charge in [-0.15, -0.1) is 27.8 Å². The molecule has 0 spiro atoms. The van der Waals surface area contributed by atoms with E-state index in [0.29, 0.717) is 18.5 Å². The van der Waals surface area contributed by atoms with E-state index in [1.807, 2.05) is 45.6 Å². The maximum absolute atomic E-state index is 12.2. The fourth-order valence-corrected chi connectivity index (χ4v) is 4.35. The van der Waals surface area contributed by atoms with E-state index < -0.39 is 0 Å². The summed E-state index contributed by atoms with van der Waals surface area (Å²) in [5, 5.41) is 11.6. The van der Waals surface area contributed by atoms with Crippen molar-refractivity contribution in [2.45, 2.75) is 6.42 Å². The number of halogens is 1. The lowest BCUT2D eigenvalue weighted by Gasteiger charge is -2.05. The first-order valence-electron chi connectivity index (χ1n) is 7.61. The summed E-state index contributed by atoms with van der Waals surface area (Å²) >= 11 is 6.57. The highest BCUT2D eigenvalue weighted by Crippen LogP contribution is 2.24. The van der Waals surface area contributed by atoms with Gasteiger partial charge in [-0.1, -0.05) is 28.1 Å². The fraction of sp³-hybridized carbons (Fsp3) is 0.118. The first-order valence-corrected chi connectivity index (χ1v) is 10.2. The van der Waals surface area contributed by atoms with Crippen molar-refractivity contribution in [3.63, 3.8) is 0 Å². The number of hydrogen-bond donors (Lipinski definition) is 1. The topological polar surface area (TPSA) is 59.3 Å². The molecule has 0 unspecified atom stereocenters. The van der Waals surface area contributed by atoms with Crippen molar-refractivity contribution in [3.05, 3.63) is 62.9 Å². The predicted octanol–water partition coefficient (Wildman–Crippen LogP) is 4.25. The molecule has 0 aliphatic rings. The standard InChI is InChI=1S/C17H13BrN4OS2/c18-12-4-1-3-11(9-12)16(23)19-7-6-13-10-25-17-20-15(21-22(13)17)14-5-2-8-24-14/h1-5,8-10H,6-7H2,(H,19,23). The fourth-order valence-electron chi connectivity index (χ4n) is 2.44. The van der Waals surface area contributed by atoms with Gasteiger partial charge in [-0.2, -0.15) is 4.98 Å². The van der Waals surface area contributed by atoms with Gasteiger partial charge in [-0.05, 0) is 29.6 Å². The van der Waals surface area contributed by atoms with Crippen LogP contribution < -0.4 is 5.32 Å². The lowest BCUT2D eigenvalue weighted by atomic mass is 10.2. The number of thiazole rings is 1. The van der Waals surface area contributed by atoms with Crippen molar-refractivity contribution in [1.29, 1.82) is 0 Å². The summed E-state index contributed by atoms with van der Waals surface area (Å²) in [5.74, 6) is 0.673. The molecule has 0 aliphatic carbocycles. The SMILES string of the molecule is O=C(NCCc1csc2nc(-c3cccs3)nn12)c1cccc(Br)c1. The van der Waals surface area contributed by atoms with Gasteiger partial charge >= 0.3 is 0 Å². The Morgan fingerprint density at radius 3 is 2.96 bits per heavy atom. The average molecular weight is 433 g/mol. The molecule has 0 saturated heterocycles. The van der Waals surface area contributed by atoms with Gasteiger partial charge in [-0.3, -0.25) is 4.79 Å². The number of hydrogen-bond acceptors (Lipinski definition) is 5. The largest absolute Gasteiger partial charge is 0.352 e. The van der Waals surface area contributed by atoms with Crippen LogP contribution in [0, 0.1) is 0 Å². The average Bonchev–Trinajstić information content (AvgIpc) is 3.32. The molecule has 126 valence electrons. The summed E-state index contributed by atoms with van der Waals surface area (Å²) < 4.78 is 2.76. The van der Waals surface area contributed by atoms with Crippen LogP contribution in [0.2, 0.25) is 0 Å². The minimum Gasteiger partial charge on any atom is -0.352 e. The van der Waals surface area contributed by atoms with Crippen LogP contribution in [0.3, 0.4) is 0 Å². The second-order valence-corrected chi connectivity index (χ2v) is 8.05. The molecule has 8 heteroatoms. The molecule has 0 atom stereocenters. The molecule has 0 bridgehead atoms. The molecule has 3 aromatic heterocycles. The van der Waals surface area contributed by atoms with Crippen LogP contribution in [-0.4, -0.2) is 27.0 Å². The minimum atomic E-state index is -0.0781. The summed E-state index contributed by atoms with van der Waals surface area (Å²) in [4.78, 5) is 18.7. The Labute approximate surface area is 160 Å². The highest BCUT2D eigenvalue weighted by atomic mass is 79.9. The number of thiophene rings is 1. The Kier molecular flexibility index (Phi) is 4.65. The van der Waals surface area contributed by atoms with Crippen LogP contribution in [0.1, 0.15) is 16.1 Å². The lowest BCUT2D eigenvalue weighted by molar-refractivity contribution is 0.0954. The Morgan fingerprint density at radius 1 is 1.24 bits per heavy atom. The van der Waals surface area contributed by atoms with Crippen molar-refractivity contribution >= 4 is 49.5 Å². The third kappa shape index (κ3) is 3.51. The molecule has 3 heterocycles. The predicted molar refractivity (Wildman–Crippen MR) is 104 cm³/mol.